The van der Waals surface area contributed by atoms with Crippen LogP contribution in [0.25, 0.3) is 0 Å². The number of nitrogens with one attached hydrogen (secondary N) is 1. The number of benzene rings is 3. The molecule has 1 atom stereocenters. The summed E-state index contributed by atoms with van der Waals surface area (Å²) in [5.41, 5.74) is 3.71. The highest BCUT2D eigenvalue weighted by Gasteiger charge is 2.30. The molecule has 0 aliphatic heterocycles. The highest BCUT2D eigenvalue weighted by molar-refractivity contribution is 5.88. The van der Waals surface area contributed by atoms with E-state index in [0.717, 1.165) is 22.3 Å². The van der Waals surface area contributed by atoms with Gasteiger partial charge in [0.25, 0.3) is 5.91 Å². The van der Waals surface area contributed by atoms with E-state index in [-0.39, 0.29) is 36.7 Å². The van der Waals surface area contributed by atoms with Crippen molar-refractivity contribution in [2.75, 3.05) is 13.2 Å². The normalized spacial score (nSPS) is 11.7. The van der Waals surface area contributed by atoms with Gasteiger partial charge in [-0.15, -0.1) is 0 Å². The van der Waals surface area contributed by atoms with Crippen LogP contribution in [0.1, 0.15) is 36.1 Å². The highest BCUT2D eigenvalue weighted by Crippen LogP contribution is 2.20. The minimum atomic E-state index is -0.758. The van der Waals surface area contributed by atoms with E-state index < -0.39 is 6.04 Å². The van der Waals surface area contributed by atoms with E-state index in [1.807, 2.05) is 76.2 Å². The van der Waals surface area contributed by atoms with Crippen molar-refractivity contribution in [3.63, 3.8) is 0 Å². The fourth-order valence-electron chi connectivity index (χ4n) is 3.95. The van der Waals surface area contributed by atoms with Crippen LogP contribution in [0.4, 0.5) is 4.39 Å². The van der Waals surface area contributed by atoms with E-state index in [4.69, 9.17) is 4.74 Å². The highest BCUT2D eigenvalue weighted by atomic mass is 19.1. The number of carbonyl (C=O) groups excluding carboxylic acids is 2. The number of carbonyl (C=O) groups is 2. The maximum atomic E-state index is 13.6. The van der Waals surface area contributed by atoms with E-state index in [0.29, 0.717) is 18.7 Å². The molecule has 0 bridgehead atoms. The zero-order valence-corrected chi connectivity index (χ0v) is 21.5. The van der Waals surface area contributed by atoms with Crippen molar-refractivity contribution in [3.8, 4) is 5.75 Å². The van der Waals surface area contributed by atoms with Gasteiger partial charge >= 0.3 is 0 Å². The average molecular weight is 491 g/mol. The van der Waals surface area contributed by atoms with E-state index in [2.05, 4.69) is 5.32 Å². The van der Waals surface area contributed by atoms with Gasteiger partial charge in [-0.1, -0.05) is 74.0 Å². The van der Waals surface area contributed by atoms with Crippen LogP contribution >= 0.6 is 0 Å². The third kappa shape index (κ3) is 7.94. The Hall–Kier alpha value is -3.67. The van der Waals surface area contributed by atoms with E-state index in [1.54, 1.807) is 17.0 Å². The number of rotatable bonds is 11. The summed E-state index contributed by atoms with van der Waals surface area (Å²) in [6, 6.07) is 20.6. The Morgan fingerprint density at radius 3 is 2.28 bits per heavy atom. The maximum absolute atomic E-state index is 13.6. The topological polar surface area (TPSA) is 58.6 Å². The van der Waals surface area contributed by atoms with Crippen LogP contribution in [0.3, 0.4) is 0 Å². The molecule has 3 rings (SSSR count). The van der Waals surface area contributed by atoms with Gasteiger partial charge < -0.3 is 15.0 Å². The Bertz CT molecular complexity index is 1150. The zero-order chi connectivity index (χ0) is 26.1. The minimum absolute atomic E-state index is 0.155. The molecule has 2 amide bonds. The largest absolute Gasteiger partial charge is 0.483 e. The lowest BCUT2D eigenvalue weighted by Gasteiger charge is -2.31. The Balaban J connectivity index is 1.90. The molecule has 0 aromatic heterocycles. The van der Waals surface area contributed by atoms with Gasteiger partial charge in [0.2, 0.25) is 5.91 Å². The predicted molar refractivity (Wildman–Crippen MR) is 140 cm³/mol. The number of aryl methyl sites for hydroxylation is 2. The number of nitrogens with zero attached hydrogens (tertiary/aromatic N) is 1. The van der Waals surface area contributed by atoms with Crippen molar-refractivity contribution in [1.82, 2.24) is 10.2 Å². The van der Waals surface area contributed by atoms with Gasteiger partial charge in [0.15, 0.2) is 6.61 Å². The van der Waals surface area contributed by atoms with E-state index in [9.17, 15) is 14.0 Å². The number of ether oxygens (including phenoxy) is 1. The summed E-state index contributed by atoms with van der Waals surface area (Å²) in [6.07, 6.45) is 0.348. The van der Waals surface area contributed by atoms with Crippen molar-refractivity contribution in [1.29, 1.82) is 0 Å². The second kappa shape index (κ2) is 12.9. The smallest absolute Gasteiger partial charge is 0.261 e. The molecule has 0 saturated carbocycles. The third-order valence-electron chi connectivity index (χ3n) is 5.90. The Labute approximate surface area is 213 Å². The number of amides is 2. The van der Waals surface area contributed by atoms with Gasteiger partial charge in [0.05, 0.1) is 0 Å². The summed E-state index contributed by atoms with van der Waals surface area (Å²) in [5.74, 6) is -0.0141. The Morgan fingerprint density at radius 1 is 0.944 bits per heavy atom. The average Bonchev–Trinajstić information content (AvgIpc) is 2.85. The molecule has 1 N–H and O–H groups in total. The van der Waals surface area contributed by atoms with Crippen LogP contribution in [0.15, 0.2) is 72.8 Å². The molecule has 0 aliphatic carbocycles. The molecule has 190 valence electrons. The lowest BCUT2D eigenvalue weighted by molar-refractivity contribution is -0.142. The summed E-state index contributed by atoms with van der Waals surface area (Å²) in [4.78, 5) is 28.5. The molecule has 0 saturated heterocycles. The van der Waals surface area contributed by atoms with Crippen molar-refractivity contribution < 1.29 is 18.7 Å². The standard InChI is InChI=1S/C30H35FN2O3/c1-21(2)18-32-30(35)27(17-24-8-6-5-7-9-24)33(19-25-11-13-26(31)14-12-25)29(34)20-36-28-15-10-22(3)16-23(28)4/h5-16,21,27H,17-20H2,1-4H3,(H,32,35)/t27-/m0/s1. The molecule has 0 aliphatic rings. The first-order chi connectivity index (χ1) is 17.2. The molecule has 6 heteroatoms. The third-order valence-corrected chi connectivity index (χ3v) is 5.90. The van der Waals surface area contributed by atoms with Crippen molar-refractivity contribution in [2.45, 2.75) is 46.7 Å². The van der Waals surface area contributed by atoms with Crippen LogP contribution in [0, 0.1) is 25.6 Å². The van der Waals surface area contributed by atoms with E-state index >= 15 is 0 Å². The molecule has 0 heterocycles. The minimum Gasteiger partial charge on any atom is -0.483 e. The quantitative estimate of drug-likeness (QED) is 0.400. The van der Waals surface area contributed by atoms with Gasteiger partial charge in [-0.05, 0) is 54.7 Å². The molecule has 5 nitrogen and oxygen atoms in total. The van der Waals surface area contributed by atoms with Crippen LogP contribution in [-0.2, 0) is 22.6 Å². The predicted octanol–water partition coefficient (Wildman–Crippen LogP) is 5.23. The first kappa shape index (κ1) is 26.9. The van der Waals surface area contributed by atoms with Crippen molar-refractivity contribution in [2.24, 2.45) is 5.92 Å². The summed E-state index contributed by atoms with van der Waals surface area (Å²) in [6.45, 7) is 8.41. The fraction of sp³-hybridized carbons (Fsp3) is 0.333. The van der Waals surface area contributed by atoms with Crippen molar-refractivity contribution >= 4 is 11.8 Å². The summed E-state index contributed by atoms with van der Waals surface area (Å²) < 4.78 is 19.4. The SMILES string of the molecule is Cc1ccc(OCC(=O)N(Cc2ccc(F)cc2)[C@@H](Cc2ccccc2)C(=O)NCC(C)C)c(C)c1. The molecule has 36 heavy (non-hydrogen) atoms. The number of hydrogen-bond acceptors (Lipinski definition) is 3. The maximum Gasteiger partial charge on any atom is 0.261 e. The second-order valence-corrected chi connectivity index (χ2v) is 9.55. The van der Waals surface area contributed by atoms with Gasteiger partial charge in [0, 0.05) is 19.5 Å². The second-order valence-electron chi connectivity index (χ2n) is 9.55. The summed E-state index contributed by atoms with van der Waals surface area (Å²) >= 11 is 0. The van der Waals surface area contributed by atoms with Gasteiger partial charge in [-0.3, -0.25) is 9.59 Å². The number of hydrogen-bond donors (Lipinski definition) is 1. The van der Waals surface area contributed by atoms with Crippen LogP contribution in [-0.4, -0.2) is 35.9 Å². The molecular weight excluding hydrogens is 455 g/mol. The Morgan fingerprint density at radius 2 is 1.64 bits per heavy atom. The lowest BCUT2D eigenvalue weighted by atomic mass is 10.0. The van der Waals surface area contributed by atoms with Crippen LogP contribution in [0.5, 0.6) is 5.75 Å². The van der Waals surface area contributed by atoms with Crippen molar-refractivity contribution in [3.05, 3.63) is 101 Å². The first-order valence-electron chi connectivity index (χ1n) is 12.3. The summed E-state index contributed by atoms with van der Waals surface area (Å²) in [7, 11) is 0. The number of halogens is 1. The molecular formula is C30H35FN2O3. The Kier molecular flexibility index (Phi) is 9.62. The molecule has 0 fully saturated rings. The van der Waals surface area contributed by atoms with E-state index in [1.165, 1.54) is 12.1 Å². The fourth-order valence-corrected chi connectivity index (χ4v) is 3.95. The van der Waals surface area contributed by atoms with Gasteiger partial charge in [0.1, 0.15) is 17.6 Å². The summed E-state index contributed by atoms with van der Waals surface area (Å²) in [5, 5.41) is 2.99. The van der Waals surface area contributed by atoms with Crippen LogP contribution in [0.2, 0.25) is 0 Å². The van der Waals surface area contributed by atoms with Crippen LogP contribution < -0.4 is 10.1 Å². The van der Waals surface area contributed by atoms with Gasteiger partial charge in [-0.25, -0.2) is 4.39 Å². The first-order valence-corrected chi connectivity index (χ1v) is 12.3. The molecule has 0 spiro atoms. The van der Waals surface area contributed by atoms with Gasteiger partial charge in [-0.2, -0.15) is 0 Å². The lowest BCUT2D eigenvalue weighted by Crippen LogP contribution is -2.52. The molecule has 0 radical (unpaired) electrons. The molecule has 3 aromatic carbocycles. The molecule has 3 aromatic rings. The zero-order valence-electron chi connectivity index (χ0n) is 21.5. The molecule has 0 unspecified atom stereocenters. The monoisotopic (exact) mass is 490 g/mol.